The Labute approximate surface area is 313 Å². The van der Waals surface area contributed by atoms with Crippen molar-refractivity contribution in [2.75, 3.05) is 26.6 Å². The van der Waals surface area contributed by atoms with E-state index in [2.05, 4.69) is 0 Å². The van der Waals surface area contributed by atoms with Crippen LogP contribution in [0.5, 0.6) is 11.5 Å². The lowest BCUT2D eigenvalue weighted by atomic mass is 9.93. The highest BCUT2D eigenvalue weighted by molar-refractivity contribution is 7.98. The maximum Gasteiger partial charge on any atom is 0.338 e. The number of methoxy groups -OCH3 is 1. The third kappa shape index (κ3) is 7.72. The van der Waals surface area contributed by atoms with Crippen LogP contribution in [0.1, 0.15) is 52.5 Å². The quantitative estimate of drug-likeness (QED) is 0.0984. The summed E-state index contributed by atoms with van der Waals surface area (Å²) in [5.41, 5.74) is 3.76. The van der Waals surface area contributed by atoms with Crippen LogP contribution in [0.4, 0.5) is 0 Å². The lowest BCUT2D eigenvalue weighted by molar-refractivity contribution is -0.138. The Morgan fingerprint density at radius 3 is 2.29 bits per heavy atom. The Hall–Kier alpha value is -5.10. The average molecular weight is 755 g/mol. The molecule has 0 unspecified atom stereocenters. The number of thiazole rings is 1. The van der Waals surface area contributed by atoms with Crippen LogP contribution < -0.4 is 24.4 Å². The molecule has 266 valence electrons. The number of aromatic nitrogens is 1. The van der Waals surface area contributed by atoms with E-state index in [0.717, 1.165) is 21.6 Å². The van der Waals surface area contributed by atoms with Crippen LogP contribution in [0.25, 0.3) is 11.8 Å². The number of rotatable bonds is 12. The third-order valence-corrected chi connectivity index (χ3v) is 10.2. The Balaban J connectivity index is 1.41. The number of ether oxygens (including phenoxy) is 4. The lowest BCUT2D eigenvalue weighted by Gasteiger charge is -2.26. The van der Waals surface area contributed by atoms with E-state index in [1.165, 1.54) is 18.4 Å². The van der Waals surface area contributed by atoms with Crippen molar-refractivity contribution in [3.8, 4) is 11.5 Å². The molecule has 0 bridgehead atoms. The van der Waals surface area contributed by atoms with Crippen molar-refractivity contribution >= 4 is 58.4 Å². The largest absolute Gasteiger partial charge is 0.493 e. The average Bonchev–Trinajstić information content (AvgIpc) is 3.47. The molecule has 2 heterocycles. The van der Waals surface area contributed by atoms with E-state index in [1.807, 2.05) is 60.9 Å². The third-order valence-electron chi connectivity index (χ3n) is 8.20. The van der Waals surface area contributed by atoms with Crippen molar-refractivity contribution in [2.24, 2.45) is 4.99 Å². The monoisotopic (exact) mass is 754 g/mol. The molecular weight excluding hydrogens is 720 g/mol. The van der Waals surface area contributed by atoms with Gasteiger partial charge in [0.25, 0.3) is 5.56 Å². The van der Waals surface area contributed by atoms with Crippen molar-refractivity contribution in [3.63, 3.8) is 0 Å². The minimum Gasteiger partial charge on any atom is -0.493 e. The maximum atomic E-state index is 14.3. The first kappa shape index (κ1) is 36.7. The molecule has 5 aromatic rings. The molecule has 4 aromatic carbocycles. The van der Waals surface area contributed by atoms with Gasteiger partial charge >= 0.3 is 11.9 Å². The van der Waals surface area contributed by atoms with Gasteiger partial charge < -0.3 is 18.9 Å². The van der Waals surface area contributed by atoms with Gasteiger partial charge in [-0.15, -0.1) is 11.8 Å². The Kier molecular flexibility index (Phi) is 11.6. The number of hydrogen-bond acceptors (Lipinski definition) is 10. The molecule has 12 heteroatoms. The van der Waals surface area contributed by atoms with Crippen LogP contribution in [0.2, 0.25) is 5.02 Å². The van der Waals surface area contributed by atoms with E-state index in [9.17, 15) is 14.4 Å². The molecule has 1 atom stereocenters. The van der Waals surface area contributed by atoms with Gasteiger partial charge in [-0.05, 0) is 79.3 Å². The van der Waals surface area contributed by atoms with Gasteiger partial charge in [0.15, 0.2) is 16.3 Å². The second-order valence-electron chi connectivity index (χ2n) is 11.4. The van der Waals surface area contributed by atoms with Crippen LogP contribution >= 0.6 is 34.7 Å². The molecule has 52 heavy (non-hydrogen) atoms. The fraction of sp³-hybridized carbons (Fsp3) is 0.200. The number of fused-ring (bicyclic) bond motifs is 1. The van der Waals surface area contributed by atoms with Gasteiger partial charge in [-0.2, -0.15) is 0 Å². The SMILES string of the molecule is CCOC(=O)C1=C(c2ccccc2)N=c2s/c(=C\c3cc(Cl)c(OCc4ccc(C(=O)OCC)cc4)c(OC)c3)c(=O)n2[C@@H]1c1ccc(SC)cc1. The van der Waals surface area contributed by atoms with E-state index in [1.54, 1.807) is 72.7 Å². The van der Waals surface area contributed by atoms with Gasteiger partial charge in [0.05, 0.1) is 52.8 Å². The summed E-state index contributed by atoms with van der Waals surface area (Å²) < 4.78 is 24.3. The molecular formula is C40H35ClN2O7S2. The van der Waals surface area contributed by atoms with Crippen molar-refractivity contribution in [2.45, 2.75) is 31.4 Å². The summed E-state index contributed by atoms with van der Waals surface area (Å²) in [6.45, 7) is 4.13. The van der Waals surface area contributed by atoms with Crippen molar-refractivity contribution < 1.29 is 28.5 Å². The predicted octanol–water partition coefficient (Wildman–Crippen LogP) is 7.08. The number of esters is 2. The lowest BCUT2D eigenvalue weighted by Crippen LogP contribution is -2.40. The second kappa shape index (κ2) is 16.5. The predicted molar refractivity (Wildman–Crippen MR) is 204 cm³/mol. The fourth-order valence-electron chi connectivity index (χ4n) is 5.76. The first-order valence-electron chi connectivity index (χ1n) is 16.4. The molecule has 0 fully saturated rings. The van der Waals surface area contributed by atoms with Gasteiger partial charge in [-0.3, -0.25) is 9.36 Å². The molecule has 0 saturated heterocycles. The van der Waals surface area contributed by atoms with E-state index in [4.69, 9.17) is 35.5 Å². The zero-order valence-corrected chi connectivity index (χ0v) is 31.3. The van der Waals surface area contributed by atoms with Gasteiger partial charge in [0.2, 0.25) is 0 Å². The van der Waals surface area contributed by atoms with Crippen LogP contribution in [-0.4, -0.2) is 43.1 Å². The molecule has 0 amide bonds. The molecule has 1 aliphatic rings. The number of hydrogen-bond donors (Lipinski definition) is 0. The van der Waals surface area contributed by atoms with Crippen LogP contribution in [0.3, 0.4) is 0 Å². The first-order chi connectivity index (χ1) is 25.3. The van der Waals surface area contributed by atoms with E-state index in [-0.39, 0.29) is 35.3 Å². The fourth-order valence-corrected chi connectivity index (χ4v) is 7.45. The standard InChI is InChI=1S/C40H35ClN2O7S2/c1-5-48-38(45)28-14-12-24(13-15-28)23-50-36-30(41)20-25(21-31(36)47-3)22-32-37(44)43-35(27-16-18-29(51-4)19-17-27)33(39(46)49-6-2)34(42-40(43)52-32)26-10-8-7-9-11-26/h7-22,35H,5-6,23H2,1-4H3/b32-22-/t35-/m1/s1. The Morgan fingerprint density at radius 2 is 1.63 bits per heavy atom. The van der Waals surface area contributed by atoms with Crippen molar-refractivity contribution in [1.29, 1.82) is 0 Å². The van der Waals surface area contributed by atoms with Crippen LogP contribution in [0, 0.1) is 0 Å². The summed E-state index contributed by atoms with van der Waals surface area (Å²) in [7, 11) is 1.51. The maximum absolute atomic E-state index is 14.3. The molecule has 0 saturated carbocycles. The summed E-state index contributed by atoms with van der Waals surface area (Å²) in [5, 5.41) is 0.282. The van der Waals surface area contributed by atoms with Crippen LogP contribution in [0.15, 0.2) is 111 Å². The van der Waals surface area contributed by atoms with Gasteiger partial charge in [-0.1, -0.05) is 77.5 Å². The van der Waals surface area contributed by atoms with Gasteiger partial charge in [0, 0.05) is 10.5 Å². The Morgan fingerprint density at radius 1 is 0.942 bits per heavy atom. The summed E-state index contributed by atoms with van der Waals surface area (Å²) in [6, 6.07) is 26.8. The zero-order valence-electron chi connectivity index (χ0n) is 28.9. The zero-order chi connectivity index (χ0) is 36.8. The minimum atomic E-state index is -0.788. The summed E-state index contributed by atoms with van der Waals surface area (Å²) in [4.78, 5) is 46.5. The number of thioether (sulfide) groups is 1. The Bertz CT molecular complexity index is 2320. The number of benzene rings is 4. The number of nitrogens with zero attached hydrogens (tertiary/aromatic N) is 2. The second-order valence-corrected chi connectivity index (χ2v) is 13.7. The number of carbonyl (C=O) groups is 2. The van der Waals surface area contributed by atoms with E-state index in [0.29, 0.717) is 44.3 Å². The first-order valence-corrected chi connectivity index (χ1v) is 18.9. The highest BCUT2D eigenvalue weighted by atomic mass is 35.5. The van der Waals surface area contributed by atoms with E-state index < -0.39 is 12.0 Å². The molecule has 6 rings (SSSR count). The molecule has 0 N–H and O–H groups in total. The highest BCUT2D eigenvalue weighted by Crippen LogP contribution is 2.38. The molecule has 0 aliphatic carbocycles. The summed E-state index contributed by atoms with van der Waals surface area (Å²) in [5.74, 6) is -0.227. The van der Waals surface area contributed by atoms with Crippen molar-refractivity contribution in [3.05, 3.63) is 149 Å². The summed E-state index contributed by atoms with van der Waals surface area (Å²) >= 11 is 9.56. The topological polar surface area (TPSA) is 105 Å². The van der Waals surface area contributed by atoms with Gasteiger partial charge in [0.1, 0.15) is 6.61 Å². The number of carbonyl (C=O) groups excluding carboxylic acids is 2. The molecule has 1 aromatic heterocycles. The molecule has 9 nitrogen and oxygen atoms in total. The smallest absolute Gasteiger partial charge is 0.338 e. The molecule has 1 aliphatic heterocycles. The summed E-state index contributed by atoms with van der Waals surface area (Å²) in [6.07, 6.45) is 3.71. The molecule has 0 radical (unpaired) electrons. The molecule has 0 spiro atoms. The highest BCUT2D eigenvalue weighted by Gasteiger charge is 2.35. The van der Waals surface area contributed by atoms with E-state index >= 15 is 0 Å². The van der Waals surface area contributed by atoms with Crippen LogP contribution in [-0.2, 0) is 20.9 Å². The minimum absolute atomic E-state index is 0.164. The van der Waals surface area contributed by atoms with Gasteiger partial charge in [-0.25, -0.2) is 14.6 Å². The number of halogens is 1. The normalized spacial score (nSPS) is 14.0. The van der Waals surface area contributed by atoms with Crippen molar-refractivity contribution in [1.82, 2.24) is 4.57 Å².